The molecule has 1 aliphatic heterocycles. The topological polar surface area (TPSA) is 40.5 Å². The van der Waals surface area contributed by atoms with Crippen LogP contribution in [0, 0.1) is 5.92 Å². The standard InChI is InChI=1S/C12H15NO2.C2H6/c14-9-11-6-12(15)13(8-11)7-10-4-2-1-3-5-10;1-2/h1-5,11,14H,6-9H2;1-2H3. The van der Waals surface area contributed by atoms with E-state index in [1.54, 1.807) is 0 Å². The molecule has 1 saturated heterocycles. The number of rotatable bonds is 3. The van der Waals surface area contributed by atoms with Gasteiger partial charge in [-0.2, -0.15) is 0 Å². The highest BCUT2D eigenvalue weighted by Crippen LogP contribution is 2.19. The third kappa shape index (κ3) is 3.86. The van der Waals surface area contributed by atoms with Crippen molar-refractivity contribution < 1.29 is 9.90 Å². The number of amides is 1. The molecule has 1 unspecified atom stereocenters. The Labute approximate surface area is 103 Å². The molecule has 1 heterocycles. The molecule has 1 aromatic rings. The summed E-state index contributed by atoms with van der Waals surface area (Å²) in [5.74, 6) is 0.277. The van der Waals surface area contributed by atoms with Crippen molar-refractivity contribution in [3.63, 3.8) is 0 Å². The summed E-state index contributed by atoms with van der Waals surface area (Å²) >= 11 is 0. The Morgan fingerprint density at radius 3 is 2.47 bits per heavy atom. The van der Waals surface area contributed by atoms with Crippen molar-refractivity contribution in [2.75, 3.05) is 13.2 Å². The fourth-order valence-corrected chi connectivity index (χ4v) is 1.93. The number of likely N-dealkylation sites (tertiary alicyclic amines) is 1. The molecule has 0 saturated carbocycles. The highest BCUT2D eigenvalue weighted by atomic mass is 16.3. The van der Waals surface area contributed by atoms with Crippen LogP contribution in [0.1, 0.15) is 25.8 Å². The minimum absolute atomic E-state index is 0.108. The number of aliphatic hydroxyl groups excluding tert-OH is 1. The first-order chi connectivity index (χ1) is 8.29. The van der Waals surface area contributed by atoms with E-state index in [1.165, 1.54) is 0 Å². The maximum Gasteiger partial charge on any atom is 0.223 e. The first-order valence-electron chi connectivity index (χ1n) is 6.22. The van der Waals surface area contributed by atoms with Crippen LogP contribution in [0.3, 0.4) is 0 Å². The second-order valence-corrected chi connectivity index (χ2v) is 4.01. The lowest BCUT2D eigenvalue weighted by Crippen LogP contribution is -2.24. The lowest BCUT2D eigenvalue weighted by atomic mass is 10.1. The van der Waals surface area contributed by atoms with E-state index in [-0.39, 0.29) is 18.4 Å². The van der Waals surface area contributed by atoms with Gasteiger partial charge in [0.1, 0.15) is 0 Å². The number of carbonyl (C=O) groups is 1. The summed E-state index contributed by atoms with van der Waals surface area (Å²) in [5.41, 5.74) is 1.14. The monoisotopic (exact) mass is 235 g/mol. The Kier molecular flexibility index (Phi) is 5.70. The zero-order valence-electron chi connectivity index (χ0n) is 10.6. The van der Waals surface area contributed by atoms with Crippen LogP contribution in [0.15, 0.2) is 30.3 Å². The lowest BCUT2D eigenvalue weighted by Gasteiger charge is -2.16. The van der Waals surface area contributed by atoms with Crippen LogP contribution < -0.4 is 0 Å². The SMILES string of the molecule is CC.O=C1CC(CO)CN1Cc1ccccc1. The van der Waals surface area contributed by atoms with Gasteiger partial charge in [-0.05, 0) is 5.56 Å². The van der Waals surface area contributed by atoms with Gasteiger partial charge in [0.2, 0.25) is 5.91 Å². The van der Waals surface area contributed by atoms with E-state index >= 15 is 0 Å². The average Bonchev–Trinajstić information content (AvgIpc) is 2.74. The summed E-state index contributed by atoms with van der Waals surface area (Å²) in [5, 5.41) is 8.99. The van der Waals surface area contributed by atoms with Crippen molar-refractivity contribution >= 4 is 5.91 Å². The summed E-state index contributed by atoms with van der Waals surface area (Å²) in [6.07, 6.45) is 0.489. The van der Waals surface area contributed by atoms with Gasteiger partial charge in [0.15, 0.2) is 0 Å². The van der Waals surface area contributed by atoms with Crippen molar-refractivity contribution in [1.29, 1.82) is 0 Å². The third-order valence-electron chi connectivity index (χ3n) is 2.77. The summed E-state index contributed by atoms with van der Waals surface area (Å²) in [6, 6.07) is 9.93. The zero-order chi connectivity index (χ0) is 12.7. The lowest BCUT2D eigenvalue weighted by molar-refractivity contribution is -0.128. The zero-order valence-corrected chi connectivity index (χ0v) is 10.6. The van der Waals surface area contributed by atoms with Gasteiger partial charge in [0.05, 0.1) is 0 Å². The highest BCUT2D eigenvalue weighted by Gasteiger charge is 2.28. The fraction of sp³-hybridized carbons (Fsp3) is 0.500. The molecule has 1 aliphatic rings. The van der Waals surface area contributed by atoms with Crippen molar-refractivity contribution in [1.82, 2.24) is 4.90 Å². The molecule has 0 aliphatic carbocycles. The average molecular weight is 235 g/mol. The Balaban J connectivity index is 0.000000686. The largest absolute Gasteiger partial charge is 0.396 e. The van der Waals surface area contributed by atoms with Gasteiger partial charge in [-0.15, -0.1) is 0 Å². The molecule has 0 aromatic heterocycles. The predicted octanol–water partition coefficient (Wildman–Crippen LogP) is 2.05. The molecule has 0 radical (unpaired) electrons. The van der Waals surface area contributed by atoms with Gasteiger partial charge in [0, 0.05) is 32.0 Å². The van der Waals surface area contributed by atoms with Gasteiger partial charge < -0.3 is 10.0 Å². The Morgan fingerprint density at radius 1 is 1.29 bits per heavy atom. The molecule has 1 amide bonds. The van der Waals surface area contributed by atoms with Crippen LogP contribution in [-0.2, 0) is 11.3 Å². The van der Waals surface area contributed by atoms with Crippen LogP contribution in [0.5, 0.6) is 0 Å². The van der Waals surface area contributed by atoms with Crippen molar-refractivity contribution in [3.8, 4) is 0 Å². The van der Waals surface area contributed by atoms with E-state index < -0.39 is 0 Å². The first-order valence-corrected chi connectivity index (χ1v) is 6.22. The molecule has 1 aromatic carbocycles. The minimum atomic E-state index is 0.108. The smallest absolute Gasteiger partial charge is 0.223 e. The highest BCUT2D eigenvalue weighted by molar-refractivity contribution is 5.78. The third-order valence-corrected chi connectivity index (χ3v) is 2.77. The molecule has 1 N–H and O–H groups in total. The summed E-state index contributed by atoms with van der Waals surface area (Å²) in [4.78, 5) is 13.4. The predicted molar refractivity (Wildman–Crippen MR) is 68.4 cm³/mol. The maximum absolute atomic E-state index is 11.6. The fourth-order valence-electron chi connectivity index (χ4n) is 1.93. The number of benzene rings is 1. The van der Waals surface area contributed by atoms with Crippen molar-refractivity contribution in [2.45, 2.75) is 26.8 Å². The normalized spacial score (nSPS) is 18.9. The molecule has 0 bridgehead atoms. The minimum Gasteiger partial charge on any atom is -0.396 e. The van der Waals surface area contributed by atoms with Crippen LogP contribution in [0.2, 0.25) is 0 Å². The molecule has 3 nitrogen and oxygen atoms in total. The van der Waals surface area contributed by atoms with Crippen LogP contribution in [-0.4, -0.2) is 29.1 Å². The van der Waals surface area contributed by atoms with Crippen molar-refractivity contribution in [2.24, 2.45) is 5.92 Å². The molecule has 17 heavy (non-hydrogen) atoms. The number of nitrogens with zero attached hydrogens (tertiary/aromatic N) is 1. The van der Waals surface area contributed by atoms with E-state index in [0.717, 1.165) is 5.56 Å². The summed E-state index contributed by atoms with van der Waals surface area (Å²) in [7, 11) is 0. The summed E-state index contributed by atoms with van der Waals surface area (Å²) in [6.45, 7) is 5.46. The molecule has 1 atom stereocenters. The Morgan fingerprint density at radius 2 is 1.94 bits per heavy atom. The van der Waals surface area contributed by atoms with Gasteiger partial charge >= 0.3 is 0 Å². The van der Waals surface area contributed by atoms with Crippen molar-refractivity contribution in [3.05, 3.63) is 35.9 Å². The van der Waals surface area contributed by atoms with Gasteiger partial charge in [-0.3, -0.25) is 4.79 Å². The van der Waals surface area contributed by atoms with E-state index in [2.05, 4.69) is 0 Å². The number of hydrogen-bond donors (Lipinski definition) is 1. The molecular formula is C14H21NO2. The van der Waals surface area contributed by atoms with E-state index in [4.69, 9.17) is 5.11 Å². The molecule has 94 valence electrons. The van der Waals surface area contributed by atoms with Gasteiger partial charge in [0.25, 0.3) is 0 Å². The first kappa shape index (κ1) is 13.7. The van der Waals surface area contributed by atoms with Crippen LogP contribution in [0.4, 0.5) is 0 Å². The number of aliphatic hydroxyl groups is 1. The molecule has 0 spiro atoms. The molecular weight excluding hydrogens is 214 g/mol. The van der Waals surface area contributed by atoms with Gasteiger partial charge in [-0.1, -0.05) is 44.2 Å². The Hall–Kier alpha value is -1.35. The van der Waals surface area contributed by atoms with Crippen LogP contribution in [0.25, 0.3) is 0 Å². The second kappa shape index (κ2) is 7.07. The van der Waals surface area contributed by atoms with Crippen LogP contribution >= 0.6 is 0 Å². The maximum atomic E-state index is 11.6. The number of hydrogen-bond acceptors (Lipinski definition) is 2. The summed E-state index contributed by atoms with van der Waals surface area (Å²) < 4.78 is 0. The van der Waals surface area contributed by atoms with E-state index in [1.807, 2.05) is 49.1 Å². The van der Waals surface area contributed by atoms with Gasteiger partial charge in [-0.25, -0.2) is 0 Å². The molecule has 3 heteroatoms. The van der Waals surface area contributed by atoms with E-state index in [0.29, 0.717) is 19.5 Å². The molecule has 2 rings (SSSR count). The number of carbonyl (C=O) groups excluding carboxylic acids is 1. The molecule has 1 fully saturated rings. The quantitative estimate of drug-likeness (QED) is 0.871. The second-order valence-electron chi connectivity index (χ2n) is 4.01. The van der Waals surface area contributed by atoms with E-state index in [9.17, 15) is 4.79 Å². The Bertz CT molecular complexity index is 337.